The summed E-state index contributed by atoms with van der Waals surface area (Å²) in [6, 6.07) is 5.75. The summed E-state index contributed by atoms with van der Waals surface area (Å²) in [5, 5.41) is 3.87. The molecule has 0 amide bonds. The van der Waals surface area contributed by atoms with Crippen LogP contribution in [0.2, 0.25) is 5.02 Å². The Bertz CT molecular complexity index is 367. The topological polar surface area (TPSA) is 12.0 Å². The van der Waals surface area contributed by atoms with E-state index in [1.54, 1.807) is 12.1 Å². The maximum Gasteiger partial charge on any atom is 0.128 e. The molecule has 1 aromatic carbocycles. The van der Waals surface area contributed by atoms with Crippen molar-refractivity contribution in [3.63, 3.8) is 0 Å². The fourth-order valence-electron chi connectivity index (χ4n) is 2.42. The Kier molecular flexibility index (Phi) is 2.98. The zero-order valence-corrected chi connectivity index (χ0v) is 9.68. The monoisotopic (exact) mass is 227 g/mol. The van der Waals surface area contributed by atoms with Gasteiger partial charge >= 0.3 is 0 Å². The number of halogens is 2. The lowest BCUT2D eigenvalue weighted by atomic mass is 9.91. The molecule has 2 rings (SSSR count). The molecule has 3 unspecified atom stereocenters. The van der Waals surface area contributed by atoms with Crippen molar-refractivity contribution in [2.24, 2.45) is 0 Å². The molecule has 3 heteroatoms. The molecule has 0 spiro atoms. The van der Waals surface area contributed by atoms with Gasteiger partial charge < -0.3 is 5.32 Å². The van der Waals surface area contributed by atoms with Crippen molar-refractivity contribution in [1.29, 1.82) is 0 Å². The molecule has 1 aromatic rings. The maximum atomic E-state index is 13.7. The predicted octanol–water partition coefficient (Wildman–Crippen LogP) is 3.33. The van der Waals surface area contributed by atoms with E-state index in [4.69, 9.17) is 11.6 Å². The van der Waals surface area contributed by atoms with Crippen LogP contribution in [0.15, 0.2) is 18.2 Å². The van der Waals surface area contributed by atoms with Crippen molar-refractivity contribution in [2.75, 3.05) is 0 Å². The average molecular weight is 228 g/mol. The number of benzene rings is 1. The van der Waals surface area contributed by atoms with Crippen molar-refractivity contribution < 1.29 is 4.39 Å². The third-order valence-electron chi connectivity index (χ3n) is 3.12. The molecule has 1 aliphatic heterocycles. The van der Waals surface area contributed by atoms with E-state index < -0.39 is 0 Å². The highest BCUT2D eigenvalue weighted by atomic mass is 35.5. The molecule has 0 radical (unpaired) electrons. The lowest BCUT2D eigenvalue weighted by molar-refractivity contribution is 0.541. The summed E-state index contributed by atoms with van der Waals surface area (Å²) >= 11 is 5.73. The zero-order chi connectivity index (χ0) is 11.0. The van der Waals surface area contributed by atoms with Gasteiger partial charge in [-0.2, -0.15) is 0 Å². The molecule has 82 valence electrons. The minimum atomic E-state index is -0.185. The molecule has 1 heterocycles. The minimum absolute atomic E-state index is 0.185. The van der Waals surface area contributed by atoms with Gasteiger partial charge in [0, 0.05) is 23.0 Å². The molecular formula is C12H15ClFN. The van der Waals surface area contributed by atoms with Gasteiger partial charge in [-0.3, -0.25) is 0 Å². The highest BCUT2D eigenvalue weighted by molar-refractivity contribution is 6.30. The zero-order valence-electron chi connectivity index (χ0n) is 8.93. The summed E-state index contributed by atoms with van der Waals surface area (Å²) in [5.41, 5.74) is 0.781. The second-order valence-electron chi connectivity index (χ2n) is 4.36. The Morgan fingerprint density at radius 1 is 1.40 bits per heavy atom. The fraction of sp³-hybridized carbons (Fsp3) is 0.500. The van der Waals surface area contributed by atoms with Crippen LogP contribution in [-0.4, -0.2) is 12.1 Å². The van der Waals surface area contributed by atoms with E-state index in [1.165, 1.54) is 6.07 Å². The first-order valence-electron chi connectivity index (χ1n) is 5.29. The van der Waals surface area contributed by atoms with Crippen molar-refractivity contribution >= 4 is 11.6 Å². The molecule has 0 aliphatic carbocycles. The average Bonchev–Trinajstić information content (AvgIpc) is 2.45. The van der Waals surface area contributed by atoms with E-state index in [9.17, 15) is 4.39 Å². The second-order valence-corrected chi connectivity index (χ2v) is 4.80. The summed E-state index contributed by atoms with van der Waals surface area (Å²) in [5.74, 6) is 0.0764. The van der Waals surface area contributed by atoms with Gasteiger partial charge in [-0.25, -0.2) is 4.39 Å². The van der Waals surface area contributed by atoms with Gasteiger partial charge in [0.25, 0.3) is 0 Å². The van der Waals surface area contributed by atoms with Crippen LogP contribution in [-0.2, 0) is 0 Å². The third-order valence-corrected chi connectivity index (χ3v) is 3.36. The molecule has 1 saturated heterocycles. The lowest BCUT2D eigenvalue weighted by Gasteiger charge is -2.16. The van der Waals surface area contributed by atoms with E-state index in [2.05, 4.69) is 19.2 Å². The molecule has 1 nitrogen and oxygen atoms in total. The van der Waals surface area contributed by atoms with Crippen molar-refractivity contribution in [1.82, 2.24) is 5.32 Å². The first-order valence-corrected chi connectivity index (χ1v) is 5.66. The summed E-state index contributed by atoms with van der Waals surface area (Å²) in [6.07, 6.45) is 0.986. The Morgan fingerprint density at radius 3 is 2.67 bits per heavy atom. The lowest BCUT2D eigenvalue weighted by Crippen LogP contribution is -2.26. The van der Waals surface area contributed by atoms with Gasteiger partial charge in [-0.1, -0.05) is 17.7 Å². The number of hydrogen-bond acceptors (Lipinski definition) is 1. The first-order chi connectivity index (χ1) is 7.08. The first kappa shape index (κ1) is 10.9. The van der Waals surface area contributed by atoms with E-state index in [1.807, 2.05) is 0 Å². The van der Waals surface area contributed by atoms with Crippen LogP contribution in [0.4, 0.5) is 4.39 Å². The Labute approximate surface area is 94.6 Å². The maximum absolute atomic E-state index is 13.7. The molecule has 1 N–H and O–H groups in total. The van der Waals surface area contributed by atoms with Crippen molar-refractivity contribution in [2.45, 2.75) is 38.3 Å². The predicted molar refractivity (Wildman–Crippen MR) is 60.8 cm³/mol. The van der Waals surface area contributed by atoms with Crippen LogP contribution >= 0.6 is 11.6 Å². The molecule has 0 bridgehead atoms. The number of rotatable bonds is 1. The molecule has 1 fully saturated rings. The molecule has 0 aromatic heterocycles. The largest absolute Gasteiger partial charge is 0.311 e. The minimum Gasteiger partial charge on any atom is -0.311 e. The summed E-state index contributed by atoms with van der Waals surface area (Å²) < 4.78 is 13.7. The SMILES string of the molecule is CC1CC(c2ccc(Cl)cc2F)C(C)N1. The Hall–Kier alpha value is -0.600. The van der Waals surface area contributed by atoms with Crippen LogP contribution in [0.1, 0.15) is 31.7 Å². The van der Waals surface area contributed by atoms with E-state index >= 15 is 0 Å². The van der Waals surface area contributed by atoms with Crippen LogP contribution in [0.3, 0.4) is 0 Å². The normalized spacial score (nSPS) is 30.8. The van der Waals surface area contributed by atoms with Gasteiger partial charge in [0.2, 0.25) is 0 Å². The molecule has 15 heavy (non-hydrogen) atoms. The quantitative estimate of drug-likeness (QED) is 0.776. The molecule has 3 atom stereocenters. The van der Waals surface area contributed by atoms with E-state index in [0.717, 1.165) is 12.0 Å². The van der Waals surface area contributed by atoms with Crippen LogP contribution in [0, 0.1) is 5.82 Å². The molecule has 0 saturated carbocycles. The highest BCUT2D eigenvalue weighted by Gasteiger charge is 2.30. The van der Waals surface area contributed by atoms with Gasteiger partial charge in [0.05, 0.1) is 0 Å². The highest BCUT2D eigenvalue weighted by Crippen LogP contribution is 2.33. The number of nitrogens with one attached hydrogen (secondary N) is 1. The van der Waals surface area contributed by atoms with E-state index in [0.29, 0.717) is 17.1 Å². The molecule has 1 aliphatic rings. The summed E-state index contributed by atoms with van der Waals surface area (Å²) in [6.45, 7) is 4.23. The van der Waals surface area contributed by atoms with Crippen molar-refractivity contribution in [3.8, 4) is 0 Å². The van der Waals surface area contributed by atoms with Gasteiger partial charge in [-0.05, 0) is 38.0 Å². The smallest absolute Gasteiger partial charge is 0.128 e. The summed E-state index contributed by atoms with van der Waals surface area (Å²) in [4.78, 5) is 0. The standard InChI is InChI=1S/C12H15ClFN/c1-7-5-11(8(2)15-7)10-4-3-9(13)6-12(10)14/h3-4,6-8,11,15H,5H2,1-2H3. The number of hydrogen-bond donors (Lipinski definition) is 1. The third kappa shape index (κ3) is 2.16. The Balaban J connectivity index is 2.29. The van der Waals surface area contributed by atoms with Gasteiger partial charge in [0.1, 0.15) is 5.82 Å². The van der Waals surface area contributed by atoms with Crippen molar-refractivity contribution in [3.05, 3.63) is 34.6 Å². The Morgan fingerprint density at radius 2 is 2.13 bits per heavy atom. The van der Waals surface area contributed by atoms with Crippen LogP contribution < -0.4 is 5.32 Å². The fourth-order valence-corrected chi connectivity index (χ4v) is 2.58. The van der Waals surface area contributed by atoms with Gasteiger partial charge in [-0.15, -0.1) is 0 Å². The van der Waals surface area contributed by atoms with Crippen LogP contribution in [0.25, 0.3) is 0 Å². The summed E-state index contributed by atoms with van der Waals surface area (Å²) in [7, 11) is 0. The molecular weight excluding hydrogens is 213 g/mol. The van der Waals surface area contributed by atoms with Gasteiger partial charge in [0.15, 0.2) is 0 Å². The van der Waals surface area contributed by atoms with Crippen LogP contribution in [0.5, 0.6) is 0 Å². The second kappa shape index (κ2) is 4.11. The van der Waals surface area contributed by atoms with E-state index in [-0.39, 0.29) is 11.7 Å².